The minimum atomic E-state index is 0.102. The van der Waals surface area contributed by atoms with Gasteiger partial charge in [0, 0.05) is 6.20 Å². The minimum absolute atomic E-state index is 0.102. The Morgan fingerprint density at radius 3 is 3.06 bits per heavy atom. The summed E-state index contributed by atoms with van der Waals surface area (Å²) in [6, 6.07) is 3.70. The molecule has 2 aromatic rings. The minimum Gasteiger partial charge on any atom is -0.487 e. The van der Waals surface area contributed by atoms with E-state index in [1.54, 1.807) is 6.20 Å². The molecule has 2 rings (SSSR count). The maximum atomic E-state index is 5.63. The first kappa shape index (κ1) is 11.3. The van der Waals surface area contributed by atoms with E-state index in [9.17, 15) is 0 Å². The predicted octanol–water partition coefficient (Wildman–Crippen LogP) is 0.994. The van der Waals surface area contributed by atoms with Crippen molar-refractivity contribution in [3.05, 3.63) is 24.2 Å². The highest BCUT2D eigenvalue weighted by atomic mass is 16.5. The molecule has 2 N–H and O–H groups in total. The summed E-state index contributed by atoms with van der Waals surface area (Å²) in [5.41, 5.74) is 0. The van der Waals surface area contributed by atoms with Crippen molar-refractivity contribution >= 4 is 5.82 Å². The lowest BCUT2D eigenvalue weighted by atomic mass is 10.4. The molecule has 0 aliphatic carbocycles. The van der Waals surface area contributed by atoms with Gasteiger partial charge in [-0.15, -0.1) is 10.2 Å². The van der Waals surface area contributed by atoms with Crippen LogP contribution in [0.4, 0.5) is 5.82 Å². The molecule has 17 heavy (non-hydrogen) atoms. The van der Waals surface area contributed by atoms with E-state index < -0.39 is 0 Å². The summed E-state index contributed by atoms with van der Waals surface area (Å²) in [5.74, 6) is 1.96. The Balaban J connectivity index is 2.04. The zero-order valence-corrected chi connectivity index (χ0v) is 9.71. The van der Waals surface area contributed by atoms with E-state index in [2.05, 4.69) is 30.9 Å². The molecule has 90 valence electrons. The summed E-state index contributed by atoms with van der Waals surface area (Å²) in [5, 5.41) is 16.7. The molecular weight excluding hydrogens is 220 g/mol. The molecule has 0 saturated carbocycles. The molecule has 7 nitrogen and oxygen atoms in total. The van der Waals surface area contributed by atoms with Crippen LogP contribution in [0.1, 0.15) is 19.7 Å². The SMILES string of the molecule is CC(C)Oc1cccnc1NCc1nn[nH]n1. The third kappa shape index (κ3) is 3.13. The fraction of sp³-hybridized carbons (Fsp3) is 0.400. The maximum Gasteiger partial charge on any atom is 0.193 e. The summed E-state index contributed by atoms with van der Waals surface area (Å²) in [6.07, 6.45) is 1.80. The topological polar surface area (TPSA) is 88.6 Å². The third-order valence-electron chi connectivity index (χ3n) is 1.94. The Bertz CT molecular complexity index is 456. The average molecular weight is 234 g/mol. The number of hydrogen-bond donors (Lipinski definition) is 2. The standard InChI is InChI=1S/C10H14N6O/c1-7(2)17-8-4-3-5-11-10(8)12-6-9-13-15-16-14-9/h3-5,7H,6H2,1-2H3,(H,11,12)(H,13,14,15,16). The van der Waals surface area contributed by atoms with Crippen LogP contribution in [0.25, 0.3) is 0 Å². The number of aromatic nitrogens is 5. The van der Waals surface area contributed by atoms with Crippen molar-refractivity contribution in [1.29, 1.82) is 0 Å². The van der Waals surface area contributed by atoms with Gasteiger partial charge in [-0.1, -0.05) is 5.21 Å². The first-order valence-electron chi connectivity index (χ1n) is 5.33. The van der Waals surface area contributed by atoms with E-state index in [1.807, 2.05) is 26.0 Å². The lowest BCUT2D eigenvalue weighted by molar-refractivity contribution is 0.243. The Morgan fingerprint density at radius 1 is 1.47 bits per heavy atom. The van der Waals surface area contributed by atoms with Crippen molar-refractivity contribution in [2.24, 2.45) is 0 Å². The molecule has 0 spiro atoms. The van der Waals surface area contributed by atoms with Gasteiger partial charge in [0.15, 0.2) is 17.4 Å². The molecule has 0 radical (unpaired) electrons. The highest BCUT2D eigenvalue weighted by molar-refractivity contribution is 5.49. The molecular formula is C10H14N6O. The van der Waals surface area contributed by atoms with Gasteiger partial charge in [0.05, 0.1) is 12.6 Å². The van der Waals surface area contributed by atoms with E-state index >= 15 is 0 Å². The summed E-state index contributed by atoms with van der Waals surface area (Å²) in [7, 11) is 0. The number of anilines is 1. The molecule has 0 saturated heterocycles. The second-order valence-electron chi connectivity index (χ2n) is 3.70. The number of H-pyrrole nitrogens is 1. The quantitative estimate of drug-likeness (QED) is 0.802. The summed E-state index contributed by atoms with van der Waals surface area (Å²) < 4.78 is 5.63. The van der Waals surface area contributed by atoms with Crippen molar-refractivity contribution in [1.82, 2.24) is 25.6 Å². The second kappa shape index (κ2) is 5.24. The number of pyridine rings is 1. The number of rotatable bonds is 5. The largest absolute Gasteiger partial charge is 0.487 e. The third-order valence-corrected chi connectivity index (χ3v) is 1.94. The molecule has 0 bridgehead atoms. The molecule has 2 aromatic heterocycles. The zero-order valence-electron chi connectivity index (χ0n) is 9.71. The normalized spacial score (nSPS) is 10.5. The molecule has 7 heteroatoms. The van der Waals surface area contributed by atoms with Crippen molar-refractivity contribution in [3.8, 4) is 5.75 Å². The van der Waals surface area contributed by atoms with Crippen LogP contribution >= 0.6 is 0 Å². The van der Waals surface area contributed by atoms with E-state index in [4.69, 9.17) is 4.74 Å². The van der Waals surface area contributed by atoms with Gasteiger partial charge in [-0.25, -0.2) is 4.98 Å². The van der Waals surface area contributed by atoms with E-state index in [-0.39, 0.29) is 6.10 Å². The van der Waals surface area contributed by atoms with E-state index in [0.29, 0.717) is 23.9 Å². The number of ether oxygens (including phenoxy) is 1. The number of tetrazole rings is 1. The summed E-state index contributed by atoms with van der Waals surface area (Å²) in [4.78, 5) is 4.21. The van der Waals surface area contributed by atoms with Gasteiger partial charge in [0.1, 0.15) is 0 Å². The Hall–Kier alpha value is -2.18. The first-order valence-corrected chi connectivity index (χ1v) is 5.33. The lowest BCUT2D eigenvalue weighted by Gasteiger charge is -2.13. The highest BCUT2D eigenvalue weighted by Gasteiger charge is 2.07. The predicted molar refractivity (Wildman–Crippen MR) is 61.5 cm³/mol. The van der Waals surface area contributed by atoms with Crippen LogP contribution in [0.2, 0.25) is 0 Å². The number of nitrogens with zero attached hydrogens (tertiary/aromatic N) is 4. The van der Waals surface area contributed by atoms with Crippen LogP contribution in [0.5, 0.6) is 5.75 Å². The second-order valence-corrected chi connectivity index (χ2v) is 3.70. The van der Waals surface area contributed by atoms with Crippen LogP contribution < -0.4 is 10.1 Å². The summed E-state index contributed by atoms with van der Waals surface area (Å²) >= 11 is 0. The Morgan fingerprint density at radius 2 is 2.35 bits per heavy atom. The number of aromatic amines is 1. The van der Waals surface area contributed by atoms with Crippen molar-refractivity contribution in [2.45, 2.75) is 26.5 Å². The van der Waals surface area contributed by atoms with Gasteiger partial charge < -0.3 is 10.1 Å². The van der Waals surface area contributed by atoms with Crippen LogP contribution in [0.15, 0.2) is 18.3 Å². The molecule has 0 aliphatic rings. The first-order chi connectivity index (χ1) is 8.25. The number of nitrogens with one attached hydrogen (secondary N) is 2. The van der Waals surface area contributed by atoms with Gasteiger partial charge in [-0.05, 0) is 26.0 Å². The zero-order chi connectivity index (χ0) is 12.1. The molecule has 0 atom stereocenters. The molecule has 0 unspecified atom stereocenters. The Kier molecular flexibility index (Phi) is 3.49. The number of hydrogen-bond acceptors (Lipinski definition) is 6. The molecule has 0 fully saturated rings. The molecule has 2 heterocycles. The van der Waals surface area contributed by atoms with Gasteiger partial charge in [-0.2, -0.15) is 5.21 Å². The van der Waals surface area contributed by atoms with Gasteiger partial charge >= 0.3 is 0 Å². The molecule has 0 aromatic carbocycles. The van der Waals surface area contributed by atoms with Gasteiger partial charge in [0.25, 0.3) is 0 Å². The van der Waals surface area contributed by atoms with Crippen molar-refractivity contribution < 1.29 is 4.74 Å². The summed E-state index contributed by atoms with van der Waals surface area (Å²) in [6.45, 7) is 4.38. The molecule has 0 amide bonds. The van der Waals surface area contributed by atoms with Crippen molar-refractivity contribution in [2.75, 3.05) is 5.32 Å². The fourth-order valence-electron chi connectivity index (χ4n) is 1.29. The van der Waals surface area contributed by atoms with E-state index in [0.717, 1.165) is 0 Å². The van der Waals surface area contributed by atoms with Crippen LogP contribution in [-0.2, 0) is 6.54 Å². The Labute approximate surface area is 98.6 Å². The van der Waals surface area contributed by atoms with Crippen LogP contribution in [0.3, 0.4) is 0 Å². The lowest BCUT2D eigenvalue weighted by Crippen LogP contribution is -2.10. The maximum absolute atomic E-state index is 5.63. The average Bonchev–Trinajstić information content (AvgIpc) is 2.80. The van der Waals surface area contributed by atoms with Crippen LogP contribution in [0, 0.1) is 0 Å². The van der Waals surface area contributed by atoms with Crippen molar-refractivity contribution in [3.63, 3.8) is 0 Å². The van der Waals surface area contributed by atoms with Gasteiger partial charge in [-0.3, -0.25) is 0 Å². The van der Waals surface area contributed by atoms with Crippen LogP contribution in [-0.4, -0.2) is 31.7 Å². The van der Waals surface area contributed by atoms with Gasteiger partial charge in [0.2, 0.25) is 0 Å². The highest BCUT2D eigenvalue weighted by Crippen LogP contribution is 2.22. The smallest absolute Gasteiger partial charge is 0.193 e. The van der Waals surface area contributed by atoms with E-state index in [1.165, 1.54) is 0 Å². The monoisotopic (exact) mass is 234 g/mol. The fourth-order valence-corrected chi connectivity index (χ4v) is 1.29. The molecule has 0 aliphatic heterocycles.